The van der Waals surface area contributed by atoms with Crippen LogP contribution in [-0.4, -0.2) is 65.8 Å². The molecule has 0 N–H and O–H groups in total. The first-order valence-electron chi connectivity index (χ1n) is 16.3. The van der Waals surface area contributed by atoms with Crippen LogP contribution in [-0.2, 0) is 33.5 Å². The number of rotatable bonds is 21. The number of ketones is 3. The molecule has 0 bridgehead atoms. The molecule has 0 aliphatic rings. The van der Waals surface area contributed by atoms with Gasteiger partial charge in [0.2, 0.25) is 0 Å². The first-order chi connectivity index (χ1) is 20.6. The number of aliphatic carboxylic acids is 3. The maximum absolute atomic E-state index is 10.4. The van der Waals surface area contributed by atoms with Crippen molar-refractivity contribution in [2.45, 2.75) is 140 Å². The van der Waals surface area contributed by atoms with E-state index in [0.717, 1.165) is 25.0 Å². The van der Waals surface area contributed by atoms with Gasteiger partial charge in [0.05, 0.1) is 35.7 Å². The van der Waals surface area contributed by atoms with Crippen LogP contribution in [0.4, 0.5) is 0 Å². The Balaban J connectivity index is -0.000000165. The molecule has 0 aromatic heterocycles. The van der Waals surface area contributed by atoms with Crippen LogP contribution in [0.25, 0.3) is 0 Å². The standard InChI is InChI=1S/C16H34O.3C6H10O3.Al/c1-5-9-11-15(7-3)13-17-14-16(8-4)12-10-6-2;3*1-3-5(4(2)7)6(8)9;/h15-16H,5-14H2,1-4H3;3*5H,3H2,1-2H3,(H,8,9);/q;;;;+3/p-3. The van der Waals surface area contributed by atoms with E-state index in [1.165, 1.54) is 72.1 Å². The molecular weight excluding hydrogens is 595 g/mol. The molecule has 0 saturated heterocycles. The molecule has 260 valence electrons. The molecule has 0 radical (unpaired) electrons. The topological polar surface area (TPSA) is 181 Å². The molecule has 0 heterocycles. The Labute approximate surface area is 283 Å². The fraction of sp³-hybridized carbons (Fsp3) is 0.824. The van der Waals surface area contributed by atoms with E-state index >= 15 is 0 Å². The largest absolute Gasteiger partial charge is 3.00 e. The molecule has 0 aliphatic heterocycles. The number of hydrogen-bond acceptors (Lipinski definition) is 10. The molecule has 0 amide bonds. The Morgan fingerprint density at radius 1 is 0.489 bits per heavy atom. The summed E-state index contributed by atoms with van der Waals surface area (Å²) in [5, 5.41) is 30.1. The van der Waals surface area contributed by atoms with Crippen molar-refractivity contribution in [1.82, 2.24) is 0 Å². The average molecular weight is 657 g/mol. The van der Waals surface area contributed by atoms with Gasteiger partial charge in [0.25, 0.3) is 0 Å². The van der Waals surface area contributed by atoms with Crippen molar-refractivity contribution in [3.63, 3.8) is 0 Å². The third kappa shape index (κ3) is 31.7. The molecule has 10 nitrogen and oxygen atoms in total. The fourth-order valence-electron chi connectivity index (χ4n) is 4.06. The van der Waals surface area contributed by atoms with Crippen molar-refractivity contribution in [2.75, 3.05) is 13.2 Å². The molecule has 0 aliphatic carbocycles. The van der Waals surface area contributed by atoms with Crippen LogP contribution in [0.2, 0.25) is 0 Å². The van der Waals surface area contributed by atoms with E-state index in [0.29, 0.717) is 19.3 Å². The Bertz CT molecular complexity index is 666. The number of carbonyl (C=O) groups excluding carboxylic acids is 6. The quantitative estimate of drug-likeness (QED) is 0.132. The molecule has 5 atom stereocenters. The summed E-state index contributed by atoms with van der Waals surface area (Å²) in [6.07, 6.45) is 11.5. The minimum Gasteiger partial charge on any atom is -0.549 e. The van der Waals surface area contributed by atoms with Gasteiger partial charge in [-0.1, -0.05) is 87.0 Å². The normalized spacial score (nSPS) is 13.2. The average Bonchev–Trinajstić information content (AvgIpc) is 2.93. The van der Waals surface area contributed by atoms with Crippen molar-refractivity contribution in [3.8, 4) is 0 Å². The molecule has 0 rings (SSSR count). The van der Waals surface area contributed by atoms with Gasteiger partial charge >= 0.3 is 17.4 Å². The summed E-state index contributed by atoms with van der Waals surface area (Å²) >= 11 is 0. The van der Waals surface area contributed by atoms with Crippen LogP contribution in [0, 0.1) is 29.6 Å². The smallest absolute Gasteiger partial charge is 0.549 e. The zero-order valence-electron chi connectivity index (χ0n) is 29.7. The zero-order chi connectivity index (χ0) is 35.3. The molecule has 11 heteroatoms. The summed E-state index contributed by atoms with van der Waals surface area (Å²) < 4.78 is 5.93. The van der Waals surface area contributed by atoms with E-state index in [9.17, 15) is 44.1 Å². The maximum Gasteiger partial charge on any atom is 3.00 e. The number of ether oxygens (including phenoxy) is 1. The SMILES string of the molecule is CCC(C(C)=O)C(=O)[O-].CCC(C(C)=O)C(=O)[O-].CCC(C(C)=O)C(=O)[O-].CCCCC(CC)COCC(CC)CCCC.[Al+3]. The summed E-state index contributed by atoms with van der Waals surface area (Å²) in [4.78, 5) is 61.3. The summed E-state index contributed by atoms with van der Waals surface area (Å²) in [6.45, 7) is 19.8. The molecular formula is C34H61AlO10. The Morgan fingerprint density at radius 3 is 0.844 bits per heavy atom. The Hall–Kier alpha value is -2.09. The van der Waals surface area contributed by atoms with Crippen molar-refractivity contribution < 1.29 is 48.8 Å². The van der Waals surface area contributed by atoms with E-state index in [-0.39, 0.29) is 34.7 Å². The van der Waals surface area contributed by atoms with Gasteiger partial charge in [-0.05, 0) is 64.7 Å². The third-order valence-electron chi connectivity index (χ3n) is 7.34. The van der Waals surface area contributed by atoms with Crippen molar-refractivity contribution in [3.05, 3.63) is 0 Å². The van der Waals surface area contributed by atoms with Gasteiger partial charge in [0, 0.05) is 13.2 Å². The van der Waals surface area contributed by atoms with Gasteiger partial charge < -0.3 is 34.4 Å². The predicted molar refractivity (Wildman–Crippen MR) is 172 cm³/mol. The number of unbranched alkanes of at least 4 members (excludes halogenated alkanes) is 2. The van der Waals surface area contributed by atoms with Gasteiger partial charge in [0.15, 0.2) is 0 Å². The second kappa shape index (κ2) is 34.8. The minimum atomic E-state index is -1.27. The monoisotopic (exact) mass is 656 g/mol. The van der Waals surface area contributed by atoms with E-state index in [2.05, 4.69) is 27.7 Å². The van der Waals surface area contributed by atoms with Crippen LogP contribution in [0.5, 0.6) is 0 Å². The summed E-state index contributed by atoms with van der Waals surface area (Å²) in [5.74, 6) is -5.98. The van der Waals surface area contributed by atoms with Crippen LogP contribution < -0.4 is 15.3 Å². The Morgan fingerprint density at radius 2 is 0.733 bits per heavy atom. The van der Waals surface area contributed by atoms with E-state index in [1.54, 1.807) is 20.8 Å². The third-order valence-corrected chi connectivity index (χ3v) is 7.34. The van der Waals surface area contributed by atoms with Crippen LogP contribution >= 0.6 is 0 Å². The second-order valence-corrected chi connectivity index (χ2v) is 11.0. The number of Topliss-reactive ketones (excluding diaryl/α,β-unsaturated/α-hetero) is 3. The van der Waals surface area contributed by atoms with Crippen LogP contribution in [0.1, 0.15) is 140 Å². The molecule has 45 heavy (non-hydrogen) atoms. The molecule has 0 fully saturated rings. The minimum absolute atomic E-state index is 0. The summed E-state index contributed by atoms with van der Waals surface area (Å²) in [7, 11) is 0. The van der Waals surface area contributed by atoms with Gasteiger partial charge in [-0.15, -0.1) is 0 Å². The molecule has 0 spiro atoms. The number of carboxylic acids is 3. The second-order valence-electron chi connectivity index (χ2n) is 11.0. The first kappa shape index (κ1) is 52.4. The van der Waals surface area contributed by atoms with Crippen molar-refractivity contribution >= 4 is 52.6 Å². The van der Waals surface area contributed by atoms with Gasteiger partial charge in [-0.25, -0.2) is 0 Å². The van der Waals surface area contributed by atoms with Gasteiger partial charge in [-0.2, -0.15) is 0 Å². The van der Waals surface area contributed by atoms with E-state index < -0.39 is 35.7 Å². The number of carbonyl (C=O) groups is 6. The van der Waals surface area contributed by atoms with Gasteiger partial charge in [-0.3, -0.25) is 14.4 Å². The fourth-order valence-corrected chi connectivity index (χ4v) is 4.06. The molecule has 0 aromatic rings. The number of carboxylic acid groups (broad SMARTS) is 3. The van der Waals surface area contributed by atoms with Crippen LogP contribution in [0.15, 0.2) is 0 Å². The number of hydrogen-bond donors (Lipinski definition) is 0. The molecule has 5 unspecified atom stereocenters. The summed E-state index contributed by atoms with van der Waals surface area (Å²) in [6, 6.07) is 0. The summed E-state index contributed by atoms with van der Waals surface area (Å²) in [5.41, 5.74) is 0. The van der Waals surface area contributed by atoms with Gasteiger partial charge in [0.1, 0.15) is 17.3 Å². The van der Waals surface area contributed by atoms with Crippen molar-refractivity contribution in [2.24, 2.45) is 29.6 Å². The first-order valence-corrected chi connectivity index (χ1v) is 16.3. The predicted octanol–water partition coefficient (Wildman–Crippen LogP) is 3.11. The Kier molecular flexibility index (Phi) is 40.5. The maximum atomic E-state index is 10.4. The molecule has 0 aromatic carbocycles. The molecule has 0 saturated carbocycles. The van der Waals surface area contributed by atoms with Crippen molar-refractivity contribution in [1.29, 1.82) is 0 Å². The van der Waals surface area contributed by atoms with E-state index in [1.807, 2.05) is 0 Å². The van der Waals surface area contributed by atoms with Crippen LogP contribution in [0.3, 0.4) is 0 Å². The zero-order valence-corrected chi connectivity index (χ0v) is 30.9. The van der Waals surface area contributed by atoms with E-state index in [4.69, 9.17) is 4.74 Å².